The van der Waals surface area contributed by atoms with Crippen molar-refractivity contribution in [2.24, 2.45) is 5.92 Å². The first-order valence-electron chi connectivity index (χ1n) is 10.7. The quantitative estimate of drug-likeness (QED) is 0.595. The highest BCUT2D eigenvalue weighted by atomic mass is 32.1. The molecule has 0 aliphatic carbocycles. The van der Waals surface area contributed by atoms with Gasteiger partial charge < -0.3 is 25.5 Å². The summed E-state index contributed by atoms with van der Waals surface area (Å²) in [6.07, 6.45) is 2.23. The highest BCUT2D eigenvalue weighted by molar-refractivity contribution is 7.09. The average molecular weight is 432 g/mol. The minimum Gasteiger partial charge on any atom is -0.465 e. The van der Waals surface area contributed by atoms with Crippen LogP contribution in [0.2, 0.25) is 0 Å². The third-order valence-corrected chi connectivity index (χ3v) is 7.01. The van der Waals surface area contributed by atoms with E-state index >= 15 is 0 Å². The van der Waals surface area contributed by atoms with Crippen LogP contribution in [0.25, 0.3) is 10.9 Å². The van der Waals surface area contributed by atoms with Crippen LogP contribution in [-0.2, 0) is 0 Å². The van der Waals surface area contributed by atoms with Gasteiger partial charge in [-0.3, -0.25) is 4.79 Å². The largest absolute Gasteiger partial charge is 0.465 e. The van der Waals surface area contributed by atoms with E-state index in [1.54, 1.807) is 0 Å². The Balaban J connectivity index is 1.37. The van der Waals surface area contributed by atoms with Gasteiger partial charge in [-0.1, -0.05) is 6.92 Å². The Morgan fingerprint density at radius 3 is 2.77 bits per heavy atom. The minimum atomic E-state index is -0.896. The van der Waals surface area contributed by atoms with Crippen molar-refractivity contribution in [2.45, 2.75) is 32.2 Å². The van der Waals surface area contributed by atoms with Gasteiger partial charge in [0.15, 0.2) is 0 Å². The van der Waals surface area contributed by atoms with E-state index in [0.717, 1.165) is 42.6 Å². The number of rotatable bonds is 8. The maximum absolute atomic E-state index is 12.9. The van der Waals surface area contributed by atoms with Gasteiger partial charge in [-0.15, -0.1) is 0 Å². The Morgan fingerprint density at radius 2 is 2.10 bits per heavy atom. The Kier molecular flexibility index (Phi) is 6.38. The highest BCUT2D eigenvalue weighted by Gasteiger charge is 2.35. The molecule has 2 bridgehead atoms. The molecule has 0 unspecified atom stereocenters. The number of nitrogens with zero attached hydrogens (tertiary/aromatic N) is 3. The van der Waals surface area contributed by atoms with Crippen LogP contribution in [0.1, 0.15) is 35.9 Å². The second kappa shape index (κ2) is 9.18. The Labute approximate surface area is 180 Å². The van der Waals surface area contributed by atoms with Crippen molar-refractivity contribution >= 4 is 40.1 Å². The van der Waals surface area contributed by atoms with Crippen molar-refractivity contribution in [3.8, 4) is 0 Å². The molecule has 30 heavy (non-hydrogen) atoms. The molecular weight excluding hydrogens is 402 g/mol. The van der Waals surface area contributed by atoms with E-state index in [9.17, 15) is 14.7 Å². The lowest BCUT2D eigenvalue weighted by molar-refractivity contribution is 0.0623. The fraction of sp³-hybridized carbons (Fsp3) is 0.571. The van der Waals surface area contributed by atoms with E-state index in [0.29, 0.717) is 30.4 Å². The number of aromatic nitrogens is 1. The topological polar surface area (TPSA) is 97.8 Å². The molecular formula is C21H29N5O3S. The number of hydrogen-bond acceptors (Lipinski definition) is 6. The SMILES string of the molecule is CCCN(CCNc1ccc2c(C(=O)N[C@@H]3CN4CCC3CC4)snc2c1)C(=O)O. The van der Waals surface area contributed by atoms with E-state index in [2.05, 4.69) is 19.9 Å². The molecule has 2 amide bonds. The molecule has 3 fully saturated rings. The summed E-state index contributed by atoms with van der Waals surface area (Å²) in [5.74, 6) is 0.561. The van der Waals surface area contributed by atoms with Gasteiger partial charge in [0.1, 0.15) is 4.88 Å². The van der Waals surface area contributed by atoms with Gasteiger partial charge in [0, 0.05) is 43.3 Å². The number of carbonyl (C=O) groups is 2. The Morgan fingerprint density at radius 1 is 1.30 bits per heavy atom. The predicted molar refractivity (Wildman–Crippen MR) is 118 cm³/mol. The smallest absolute Gasteiger partial charge is 0.407 e. The second-order valence-electron chi connectivity index (χ2n) is 8.16. The molecule has 0 radical (unpaired) electrons. The van der Waals surface area contributed by atoms with Crippen LogP contribution in [-0.4, -0.2) is 76.6 Å². The third-order valence-electron chi connectivity index (χ3n) is 6.13. The first-order valence-corrected chi connectivity index (χ1v) is 11.5. The number of nitrogens with one attached hydrogen (secondary N) is 2. The predicted octanol–water partition coefficient (Wildman–Crippen LogP) is 2.92. The molecule has 1 atom stereocenters. The summed E-state index contributed by atoms with van der Waals surface area (Å²) in [6.45, 7) is 6.69. The molecule has 3 aliphatic rings. The number of carboxylic acid groups (broad SMARTS) is 1. The van der Waals surface area contributed by atoms with Crippen LogP contribution in [0, 0.1) is 5.92 Å². The van der Waals surface area contributed by atoms with Crippen molar-refractivity contribution in [3.63, 3.8) is 0 Å². The van der Waals surface area contributed by atoms with E-state index in [1.807, 2.05) is 25.1 Å². The standard InChI is InChI=1S/C21H29N5O3S/c1-2-8-26(21(28)29)11-7-22-15-3-4-16-17(12-15)24-30-19(16)20(27)23-18-13-25-9-5-14(18)6-10-25/h3-4,12,14,18,22H,2,5-11,13H2,1H3,(H,23,27)(H,28,29)/t18-/m1/s1. The van der Waals surface area contributed by atoms with Crippen LogP contribution in [0.3, 0.4) is 0 Å². The number of fused-ring (bicyclic) bond motifs is 4. The van der Waals surface area contributed by atoms with Crippen LogP contribution < -0.4 is 10.6 Å². The lowest BCUT2D eigenvalue weighted by Gasteiger charge is -2.44. The monoisotopic (exact) mass is 431 g/mol. The molecule has 0 saturated carbocycles. The Bertz CT molecular complexity index is 909. The molecule has 3 N–H and O–H groups in total. The number of hydrogen-bond donors (Lipinski definition) is 3. The minimum absolute atomic E-state index is 0.0291. The summed E-state index contributed by atoms with van der Waals surface area (Å²) >= 11 is 1.24. The fourth-order valence-electron chi connectivity index (χ4n) is 4.49. The maximum Gasteiger partial charge on any atom is 0.407 e. The van der Waals surface area contributed by atoms with E-state index in [1.165, 1.54) is 29.3 Å². The fourth-order valence-corrected chi connectivity index (χ4v) is 5.24. The van der Waals surface area contributed by atoms with Crippen molar-refractivity contribution < 1.29 is 14.7 Å². The van der Waals surface area contributed by atoms with Crippen molar-refractivity contribution in [1.29, 1.82) is 0 Å². The van der Waals surface area contributed by atoms with Crippen LogP contribution >= 0.6 is 11.5 Å². The third kappa shape index (κ3) is 4.52. The van der Waals surface area contributed by atoms with Gasteiger partial charge in [-0.2, -0.15) is 4.37 Å². The summed E-state index contributed by atoms with van der Waals surface area (Å²) in [5.41, 5.74) is 1.66. The number of carbonyl (C=O) groups excluding carboxylic acids is 1. The summed E-state index contributed by atoms with van der Waals surface area (Å²) in [4.78, 5) is 28.6. The zero-order valence-electron chi connectivity index (χ0n) is 17.3. The summed E-state index contributed by atoms with van der Waals surface area (Å²) in [5, 5.41) is 16.6. The van der Waals surface area contributed by atoms with E-state index < -0.39 is 6.09 Å². The number of piperidine rings is 3. The molecule has 3 aliphatic heterocycles. The van der Waals surface area contributed by atoms with Gasteiger partial charge >= 0.3 is 6.09 Å². The van der Waals surface area contributed by atoms with Crippen LogP contribution in [0.5, 0.6) is 0 Å². The van der Waals surface area contributed by atoms with Gasteiger partial charge in [0.25, 0.3) is 5.91 Å². The molecule has 8 nitrogen and oxygen atoms in total. The van der Waals surface area contributed by atoms with Crippen molar-refractivity contribution in [1.82, 2.24) is 19.5 Å². The first kappa shape index (κ1) is 20.9. The van der Waals surface area contributed by atoms with Crippen LogP contribution in [0.15, 0.2) is 18.2 Å². The van der Waals surface area contributed by atoms with Crippen molar-refractivity contribution in [2.75, 3.05) is 44.6 Å². The lowest BCUT2D eigenvalue weighted by Crippen LogP contribution is -2.57. The molecule has 3 saturated heterocycles. The second-order valence-corrected chi connectivity index (χ2v) is 8.93. The zero-order chi connectivity index (χ0) is 21.1. The molecule has 1 aromatic carbocycles. The average Bonchev–Trinajstić information content (AvgIpc) is 3.17. The van der Waals surface area contributed by atoms with Gasteiger partial charge in [0.05, 0.1) is 5.52 Å². The molecule has 2 aromatic rings. The van der Waals surface area contributed by atoms with Gasteiger partial charge in [-0.05, 0) is 68.0 Å². The molecule has 0 spiro atoms. The maximum atomic E-state index is 12.9. The first-order chi connectivity index (χ1) is 14.5. The van der Waals surface area contributed by atoms with Crippen LogP contribution in [0.4, 0.5) is 10.5 Å². The number of anilines is 1. The van der Waals surface area contributed by atoms with E-state index in [4.69, 9.17) is 0 Å². The number of benzene rings is 1. The lowest BCUT2D eigenvalue weighted by atomic mass is 9.84. The van der Waals surface area contributed by atoms with E-state index in [-0.39, 0.29) is 11.9 Å². The summed E-state index contributed by atoms with van der Waals surface area (Å²) in [6, 6.07) is 6.00. The number of amides is 2. The normalized spacial score (nSPS) is 22.8. The summed E-state index contributed by atoms with van der Waals surface area (Å²) in [7, 11) is 0. The zero-order valence-corrected chi connectivity index (χ0v) is 18.1. The Hall–Kier alpha value is -2.39. The highest BCUT2D eigenvalue weighted by Crippen LogP contribution is 2.29. The molecule has 4 heterocycles. The van der Waals surface area contributed by atoms with Gasteiger partial charge in [-0.25, -0.2) is 4.79 Å². The summed E-state index contributed by atoms with van der Waals surface area (Å²) < 4.78 is 4.47. The molecule has 162 valence electrons. The van der Waals surface area contributed by atoms with Crippen molar-refractivity contribution in [3.05, 3.63) is 23.1 Å². The molecule has 5 rings (SSSR count). The molecule has 1 aromatic heterocycles. The van der Waals surface area contributed by atoms with Gasteiger partial charge in [0.2, 0.25) is 0 Å². The molecule has 9 heteroatoms.